The van der Waals surface area contributed by atoms with Crippen LogP contribution >= 0.6 is 43.2 Å². The molecule has 0 amide bonds. The molecule has 92 valence electrons. The summed E-state index contributed by atoms with van der Waals surface area (Å²) in [4.78, 5) is 0.312. The van der Waals surface area contributed by atoms with Gasteiger partial charge in [0.25, 0.3) is 0 Å². The molecule has 0 bridgehead atoms. The smallest absolute Gasteiger partial charge is 0.210 e. The molecule has 1 N–H and O–H groups in total. The second kappa shape index (κ2) is 5.95. The third kappa shape index (κ3) is 4.10. The lowest BCUT2D eigenvalue weighted by Gasteiger charge is -2.05. The van der Waals surface area contributed by atoms with Gasteiger partial charge in [-0.15, -0.1) is 11.3 Å². The van der Waals surface area contributed by atoms with Gasteiger partial charge in [0.2, 0.25) is 10.0 Å². The molecule has 0 aliphatic rings. The van der Waals surface area contributed by atoms with E-state index >= 15 is 0 Å². The predicted octanol–water partition coefficient (Wildman–Crippen LogP) is 3.27. The van der Waals surface area contributed by atoms with Gasteiger partial charge < -0.3 is 0 Å². The van der Waals surface area contributed by atoms with E-state index in [-0.39, 0.29) is 0 Å². The molecule has 16 heavy (non-hydrogen) atoms. The van der Waals surface area contributed by atoms with Gasteiger partial charge in [0.15, 0.2) is 0 Å². The fourth-order valence-corrected chi connectivity index (χ4v) is 4.57. The Morgan fingerprint density at radius 1 is 1.56 bits per heavy atom. The quantitative estimate of drug-likeness (QED) is 0.784. The van der Waals surface area contributed by atoms with Crippen molar-refractivity contribution in [1.82, 2.24) is 4.72 Å². The van der Waals surface area contributed by atoms with Crippen LogP contribution in [0.25, 0.3) is 0 Å². The minimum Gasteiger partial charge on any atom is -0.210 e. The molecule has 1 heterocycles. The minimum absolute atomic E-state index is 0.312. The summed E-state index contributed by atoms with van der Waals surface area (Å²) in [6.07, 6.45) is 0.769. The number of hydrogen-bond donors (Lipinski definition) is 1. The third-order valence-electron chi connectivity index (χ3n) is 1.93. The largest absolute Gasteiger partial charge is 0.250 e. The Morgan fingerprint density at radius 2 is 2.19 bits per heavy atom. The van der Waals surface area contributed by atoms with Gasteiger partial charge in [0, 0.05) is 11.4 Å². The van der Waals surface area contributed by atoms with Crippen molar-refractivity contribution in [2.45, 2.75) is 29.3 Å². The van der Waals surface area contributed by atoms with Crippen LogP contribution < -0.4 is 4.72 Å². The van der Waals surface area contributed by atoms with Crippen molar-refractivity contribution in [2.24, 2.45) is 0 Å². The summed E-state index contributed by atoms with van der Waals surface area (Å²) >= 11 is 7.93. The molecule has 1 aromatic heterocycles. The van der Waals surface area contributed by atoms with E-state index < -0.39 is 10.0 Å². The highest BCUT2D eigenvalue weighted by Gasteiger charge is 2.17. The summed E-state index contributed by atoms with van der Waals surface area (Å²) in [6, 6.07) is 1.68. The average Bonchev–Trinajstić information content (AvgIpc) is 2.46. The Hall–Kier alpha value is 0.570. The topological polar surface area (TPSA) is 46.2 Å². The Kier molecular flexibility index (Phi) is 5.44. The molecular formula is C9H13Br2NO2S2. The van der Waals surface area contributed by atoms with Crippen LogP contribution in [0.1, 0.15) is 18.9 Å². The van der Waals surface area contributed by atoms with Crippen LogP contribution in [0.2, 0.25) is 0 Å². The summed E-state index contributed by atoms with van der Waals surface area (Å²) in [5, 5.41) is 0. The number of hydrogen-bond acceptors (Lipinski definition) is 3. The van der Waals surface area contributed by atoms with Crippen molar-refractivity contribution in [3.8, 4) is 0 Å². The van der Waals surface area contributed by atoms with E-state index in [4.69, 9.17) is 0 Å². The summed E-state index contributed by atoms with van der Waals surface area (Å²) in [5.41, 5.74) is 0.944. The molecule has 1 aromatic rings. The number of thiophene rings is 1. The second-order valence-electron chi connectivity index (χ2n) is 3.49. The van der Waals surface area contributed by atoms with Gasteiger partial charge in [-0.3, -0.25) is 0 Å². The number of nitrogens with one attached hydrogen (secondary N) is 1. The Bertz CT molecular complexity index is 435. The van der Waals surface area contributed by atoms with Crippen molar-refractivity contribution in [3.05, 3.63) is 15.4 Å². The van der Waals surface area contributed by atoms with Crippen LogP contribution in [-0.4, -0.2) is 19.8 Å². The van der Waals surface area contributed by atoms with Crippen LogP contribution in [0, 0.1) is 6.92 Å². The zero-order chi connectivity index (χ0) is 12.3. The number of sulfonamides is 1. The molecule has 0 fully saturated rings. The Balaban J connectivity index is 2.71. The van der Waals surface area contributed by atoms with Crippen molar-refractivity contribution in [3.63, 3.8) is 0 Å². The van der Waals surface area contributed by atoms with Gasteiger partial charge >= 0.3 is 0 Å². The van der Waals surface area contributed by atoms with Gasteiger partial charge in [-0.1, -0.05) is 22.9 Å². The lowest BCUT2D eigenvalue weighted by molar-refractivity contribution is 0.581. The Labute approximate surface area is 117 Å². The average molecular weight is 391 g/mol. The van der Waals surface area contributed by atoms with E-state index in [0.717, 1.165) is 15.8 Å². The summed E-state index contributed by atoms with van der Waals surface area (Å²) in [6.45, 7) is 4.31. The maximum Gasteiger partial charge on any atom is 0.250 e. The lowest BCUT2D eigenvalue weighted by Crippen LogP contribution is -2.25. The highest BCUT2D eigenvalue weighted by molar-refractivity contribution is 9.11. The standard InChI is InChI=1S/C9H13Br2NO2S2/c1-6-5-8(15-9(6)11)16(13,14)12-4-3-7(2)10/h5,7,12H,3-4H2,1-2H3. The van der Waals surface area contributed by atoms with E-state index in [1.54, 1.807) is 6.07 Å². The maximum absolute atomic E-state index is 11.8. The first-order chi connectivity index (χ1) is 7.33. The van der Waals surface area contributed by atoms with E-state index in [2.05, 4.69) is 36.6 Å². The number of alkyl halides is 1. The van der Waals surface area contributed by atoms with Crippen LogP contribution in [0.3, 0.4) is 0 Å². The highest BCUT2D eigenvalue weighted by atomic mass is 79.9. The molecule has 0 aliphatic carbocycles. The molecule has 0 aliphatic heterocycles. The summed E-state index contributed by atoms with van der Waals surface area (Å²) in [5.74, 6) is 0. The molecule has 0 aromatic carbocycles. The van der Waals surface area contributed by atoms with Gasteiger partial charge in [-0.25, -0.2) is 13.1 Å². The van der Waals surface area contributed by atoms with Crippen molar-refractivity contribution < 1.29 is 8.42 Å². The monoisotopic (exact) mass is 389 g/mol. The van der Waals surface area contributed by atoms with Crippen molar-refractivity contribution in [1.29, 1.82) is 0 Å². The molecule has 3 nitrogen and oxygen atoms in total. The molecule has 7 heteroatoms. The molecule has 0 saturated heterocycles. The number of aryl methyl sites for hydroxylation is 1. The predicted molar refractivity (Wildman–Crippen MR) is 75.0 cm³/mol. The zero-order valence-electron chi connectivity index (χ0n) is 8.96. The minimum atomic E-state index is -3.34. The van der Waals surface area contributed by atoms with Crippen LogP contribution in [-0.2, 0) is 10.0 Å². The van der Waals surface area contributed by atoms with Crippen molar-refractivity contribution >= 4 is 53.2 Å². The van der Waals surface area contributed by atoms with E-state index in [1.165, 1.54) is 11.3 Å². The van der Waals surface area contributed by atoms with Crippen molar-refractivity contribution in [2.75, 3.05) is 6.54 Å². The van der Waals surface area contributed by atoms with Gasteiger partial charge in [-0.05, 0) is 40.9 Å². The fourth-order valence-electron chi connectivity index (χ4n) is 1.03. The molecule has 1 rings (SSSR count). The van der Waals surface area contributed by atoms with Crippen LogP contribution in [0.5, 0.6) is 0 Å². The third-order valence-corrected chi connectivity index (χ3v) is 6.46. The van der Waals surface area contributed by atoms with Crippen LogP contribution in [0.4, 0.5) is 0 Å². The van der Waals surface area contributed by atoms with Gasteiger partial charge in [-0.2, -0.15) is 0 Å². The highest BCUT2D eigenvalue weighted by Crippen LogP contribution is 2.30. The SMILES string of the molecule is Cc1cc(S(=O)(=O)NCCC(C)Br)sc1Br. The molecule has 0 radical (unpaired) electrons. The first-order valence-electron chi connectivity index (χ1n) is 4.72. The van der Waals surface area contributed by atoms with Crippen LogP contribution in [0.15, 0.2) is 14.1 Å². The number of halogens is 2. The molecule has 1 unspecified atom stereocenters. The maximum atomic E-state index is 11.8. The molecular weight excluding hydrogens is 378 g/mol. The molecule has 1 atom stereocenters. The second-order valence-corrected chi connectivity index (χ2v) is 9.42. The first-order valence-corrected chi connectivity index (χ1v) is 8.73. The molecule has 0 saturated carbocycles. The lowest BCUT2D eigenvalue weighted by atomic mass is 10.3. The normalized spacial score (nSPS) is 14.0. The summed E-state index contributed by atoms with van der Waals surface area (Å²) in [7, 11) is -3.34. The van der Waals surface area contributed by atoms with Gasteiger partial charge in [0.1, 0.15) is 4.21 Å². The van der Waals surface area contributed by atoms with E-state index in [0.29, 0.717) is 15.6 Å². The number of rotatable bonds is 5. The van der Waals surface area contributed by atoms with E-state index in [9.17, 15) is 8.42 Å². The van der Waals surface area contributed by atoms with E-state index in [1.807, 2.05) is 13.8 Å². The van der Waals surface area contributed by atoms with Gasteiger partial charge in [0.05, 0.1) is 3.79 Å². The Morgan fingerprint density at radius 3 is 2.62 bits per heavy atom. The fraction of sp³-hybridized carbons (Fsp3) is 0.556. The zero-order valence-corrected chi connectivity index (χ0v) is 13.8. The summed E-state index contributed by atoms with van der Waals surface area (Å²) < 4.78 is 27.5. The molecule has 0 spiro atoms. The first kappa shape index (κ1) is 14.6.